The molecule has 2 atom stereocenters. The maximum absolute atomic E-state index is 14.1. The largest absolute Gasteiger partial charge is 0.396 e. The van der Waals surface area contributed by atoms with Gasteiger partial charge in [-0.05, 0) is 18.2 Å². The lowest BCUT2D eigenvalue weighted by Crippen LogP contribution is -2.33. The van der Waals surface area contributed by atoms with Gasteiger partial charge < -0.3 is 15.5 Å². The van der Waals surface area contributed by atoms with Crippen molar-refractivity contribution >= 4 is 28.3 Å². The van der Waals surface area contributed by atoms with Crippen molar-refractivity contribution in [2.24, 2.45) is 5.92 Å². The van der Waals surface area contributed by atoms with Gasteiger partial charge in [0.2, 0.25) is 0 Å². The molecule has 0 aliphatic carbocycles. The van der Waals surface area contributed by atoms with Crippen LogP contribution < -0.4 is 10.9 Å². The highest BCUT2D eigenvalue weighted by molar-refractivity contribution is 6.32. The molecule has 3 N–H and O–H groups in total. The summed E-state index contributed by atoms with van der Waals surface area (Å²) in [5.41, 5.74) is 0.163. The number of nitrogens with one attached hydrogen (secondary N) is 1. The van der Waals surface area contributed by atoms with Crippen LogP contribution >= 0.6 is 11.6 Å². The molecule has 0 aliphatic rings. The Morgan fingerprint density at radius 3 is 2.56 bits per heavy atom. The zero-order chi connectivity index (χ0) is 24.4. The first-order valence-corrected chi connectivity index (χ1v) is 10.9. The van der Waals surface area contributed by atoms with Crippen LogP contribution in [-0.2, 0) is 6.54 Å². The summed E-state index contributed by atoms with van der Waals surface area (Å²) >= 11 is 6.32. The molecule has 0 aliphatic heterocycles. The Kier molecular flexibility index (Phi) is 6.92. The van der Waals surface area contributed by atoms with Crippen molar-refractivity contribution in [1.29, 1.82) is 0 Å². The van der Waals surface area contributed by atoms with Crippen LogP contribution in [0.4, 0.5) is 14.6 Å². The summed E-state index contributed by atoms with van der Waals surface area (Å²) < 4.78 is 30.8. The van der Waals surface area contributed by atoms with E-state index in [1.54, 1.807) is 19.1 Å². The fraction of sp³-hybridized carbons (Fsp3) is 0.261. The van der Waals surface area contributed by atoms with Gasteiger partial charge >= 0.3 is 0 Å². The molecule has 1 aromatic carbocycles. The van der Waals surface area contributed by atoms with E-state index in [2.05, 4.69) is 15.4 Å². The maximum atomic E-state index is 14.1. The molecular weight excluding hydrogens is 468 g/mol. The van der Waals surface area contributed by atoms with Gasteiger partial charge in [-0.15, -0.1) is 0 Å². The average molecular weight is 490 g/mol. The molecule has 34 heavy (non-hydrogen) atoms. The molecule has 3 aromatic heterocycles. The number of fused-ring (bicyclic) bond motifs is 1. The number of aliphatic hydroxyl groups is 2. The second kappa shape index (κ2) is 9.88. The summed E-state index contributed by atoms with van der Waals surface area (Å²) in [6.07, 6.45) is 4.20. The second-order valence-electron chi connectivity index (χ2n) is 7.91. The number of hydrogen-bond donors (Lipinski definition) is 3. The Labute approximate surface area is 198 Å². The van der Waals surface area contributed by atoms with Crippen LogP contribution in [0.2, 0.25) is 5.02 Å². The zero-order valence-electron chi connectivity index (χ0n) is 18.1. The molecule has 0 saturated heterocycles. The molecular formula is C23H22ClF2N5O3. The molecule has 0 fully saturated rings. The van der Waals surface area contributed by atoms with Gasteiger partial charge in [-0.2, -0.15) is 5.10 Å². The smallest absolute Gasteiger partial charge is 0.266 e. The number of aliphatic hydroxyl groups excluding tert-OH is 2. The summed E-state index contributed by atoms with van der Waals surface area (Å²) in [5, 5.41) is 26.6. The number of anilines is 1. The van der Waals surface area contributed by atoms with Crippen molar-refractivity contribution < 1.29 is 19.0 Å². The van der Waals surface area contributed by atoms with Gasteiger partial charge in [-0.25, -0.2) is 13.8 Å². The Bertz CT molecular complexity index is 1370. The lowest BCUT2D eigenvalue weighted by atomic mass is 10.0. The first-order chi connectivity index (χ1) is 16.3. The van der Waals surface area contributed by atoms with Crippen LogP contribution in [0.5, 0.6) is 0 Å². The third kappa shape index (κ3) is 4.52. The molecule has 0 saturated carbocycles. The van der Waals surface area contributed by atoms with E-state index < -0.39 is 23.2 Å². The molecule has 11 heteroatoms. The van der Waals surface area contributed by atoms with E-state index in [0.29, 0.717) is 17.0 Å². The fourth-order valence-electron chi connectivity index (χ4n) is 3.60. The van der Waals surface area contributed by atoms with Crippen molar-refractivity contribution in [3.05, 3.63) is 81.5 Å². The summed E-state index contributed by atoms with van der Waals surface area (Å²) in [7, 11) is 0. The summed E-state index contributed by atoms with van der Waals surface area (Å²) in [6, 6.07) is 6.32. The molecule has 8 nitrogen and oxygen atoms in total. The molecule has 4 aromatic rings. The number of nitrogens with zero attached hydrogens (tertiary/aromatic N) is 4. The van der Waals surface area contributed by atoms with Crippen molar-refractivity contribution in [2.75, 3.05) is 18.5 Å². The third-order valence-electron chi connectivity index (χ3n) is 5.68. The Balaban J connectivity index is 1.71. The molecule has 0 bridgehead atoms. The number of halogens is 3. The number of benzene rings is 1. The van der Waals surface area contributed by atoms with Crippen LogP contribution in [0.15, 0.2) is 53.7 Å². The SMILES string of the molecule is CC(CO)C(CO)Nc1cc(-n2ccc3c(cnn3Cc3c(F)cccc3F)c2=O)c(Cl)cn1. The van der Waals surface area contributed by atoms with E-state index in [1.165, 1.54) is 33.9 Å². The second-order valence-corrected chi connectivity index (χ2v) is 8.31. The molecule has 2 unspecified atom stereocenters. The maximum Gasteiger partial charge on any atom is 0.266 e. The van der Waals surface area contributed by atoms with E-state index >= 15 is 0 Å². The molecule has 3 heterocycles. The quantitative estimate of drug-likeness (QED) is 0.351. The lowest BCUT2D eigenvalue weighted by Gasteiger charge is -2.22. The minimum absolute atomic E-state index is 0.129. The minimum atomic E-state index is -0.697. The van der Waals surface area contributed by atoms with E-state index in [1.807, 2.05) is 0 Å². The van der Waals surface area contributed by atoms with Crippen molar-refractivity contribution in [1.82, 2.24) is 19.3 Å². The first-order valence-electron chi connectivity index (χ1n) is 10.5. The third-order valence-corrected chi connectivity index (χ3v) is 5.97. The number of hydrogen-bond acceptors (Lipinski definition) is 6. The van der Waals surface area contributed by atoms with Crippen LogP contribution in [0.25, 0.3) is 16.6 Å². The van der Waals surface area contributed by atoms with Gasteiger partial charge in [0.05, 0.1) is 53.2 Å². The molecule has 0 spiro atoms. The van der Waals surface area contributed by atoms with Crippen LogP contribution in [0, 0.1) is 17.6 Å². The standard InChI is InChI=1S/C23H22ClF2N5O3/c1-13(11-32)19(12-33)29-22-7-21(16(24)9-27-22)30-6-5-20-14(23(30)34)8-28-31(20)10-15-17(25)3-2-4-18(15)26/h2-9,13,19,32-33H,10-12H2,1H3,(H,27,29). The zero-order valence-corrected chi connectivity index (χ0v) is 18.9. The van der Waals surface area contributed by atoms with Crippen LogP contribution in [0.3, 0.4) is 0 Å². The summed E-state index contributed by atoms with van der Waals surface area (Å²) in [4.78, 5) is 17.4. The first kappa shape index (κ1) is 23.8. The normalized spacial score (nSPS) is 13.2. The van der Waals surface area contributed by atoms with E-state index in [-0.39, 0.29) is 41.6 Å². The van der Waals surface area contributed by atoms with Crippen LogP contribution in [-0.4, -0.2) is 48.8 Å². The highest BCUT2D eigenvalue weighted by Crippen LogP contribution is 2.24. The van der Waals surface area contributed by atoms with Crippen LogP contribution in [0.1, 0.15) is 12.5 Å². The van der Waals surface area contributed by atoms with Crippen molar-refractivity contribution in [2.45, 2.75) is 19.5 Å². The Morgan fingerprint density at radius 1 is 1.15 bits per heavy atom. The summed E-state index contributed by atoms with van der Waals surface area (Å²) in [5.74, 6) is -1.28. The van der Waals surface area contributed by atoms with Gasteiger partial charge in [0, 0.05) is 30.4 Å². The highest BCUT2D eigenvalue weighted by atomic mass is 35.5. The molecule has 0 radical (unpaired) electrons. The van der Waals surface area contributed by atoms with Crippen molar-refractivity contribution in [3.8, 4) is 5.69 Å². The predicted octanol–water partition coefficient (Wildman–Crippen LogP) is 2.96. The van der Waals surface area contributed by atoms with Gasteiger partial charge in [0.1, 0.15) is 17.5 Å². The molecule has 0 amide bonds. The topological polar surface area (TPSA) is 105 Å². The number of aromatic nitrogens is 4. The fourth-order valence-corrected chi connectivity index (χ4v) is 3.80. The Morgan fingerprint density at radius 2 is 1.88 bits per heavy atom. The predicted molar refractivity (Wildman–Crippen MR) is 124 cm³/mol. The van der Waals surface area contributed by atoms with Gasteiger partial charge in [-0.3, -0.25) is 14.0 Å². The minimum Gasteiger partial charge on any atom is -0.396 e. The summed E-state index contributed by atoms with van der Waals surface area (Å²) in [6.45, 7) is 1.24. The number of pyridine rings is 2. The molecule has 178 valence electrons. The van der Waals surface area contributed by atoms with Crippen molar-refractivity contribution in [3.63, 3.8) is 0 Å². The number of rotatable bonds is 8. The van der Waals surface area contributed by atoms with Gasteiger partial charge in [0.15, 0.2) is 0 Å². The van der Waals surface area contributed by atoms with E-state index in [0.717, 1.165) is 12.1 Å². The molecule has 4 rings (SSSR count). The van der Waals surface area contributed by atoms with E-state index in [4.69, 9.17) is 11.6 Å². The average Bonchev–Trinajstić information content (AvgIpc) is 3.24. The van der Waals surface area contributed by atoms with Gasteiger partial charge in [0.25, 0.3) is 5.56 Å². The lowest BCUT2D eigenvalue weighted by molar-refractivity contribution is 0.179. The monoisotopic (exact) mass is 489 g/mol. The highest BCUT2D eigenvalue weighted by Gasteiger charge is 2.18. The van der Waals surface area contributed by atoms with Gasteiger partial charge in [-0.1, -0.05) is 24.6 Å². The van der Waals surface area contributed by atoms with E-state index in [9.17, 15) is 23.8 Å². The Hall–Kier alpha value is -3.34.